The normalized spacial score (nSPS) is 24.5. The third-order valence-corrected chi connectivity index (χ3v) is 3.42. The van der Waals surface area contributed by atoms with Crippen molar-refractivity contribution in [3.05, 3.63) is 0 Å². The number of rotatable bonds is 4. The van der Waals surface area contributed by atoms with E-state index >= 15 is 0 Å². The monoisotopic (exact) mass is 215 g/mol. The Morgan fingerprint density at radius 1 is 1.53 bits per heavy atom. The molecule has 1 saturated heterocycles. The summed E-state index contributed by atoms with van der Waals surface area (Å²) in [6.07, 6.45) is -0.201. The molecule has 1 amide bonds. The molecule has 1 rings (SSSR count). The molecule has 15 heavy (non-hydrogen) atoms. The highest BCUT2D eigenvalue weighted by Crippen LogP contribution is 2.21. The van der Waals surface area contributed by atoms with Crippen LogP contribution in [0.1, 0.15) is 13.8 Å². The van der Waals surface area contributed by atoms with Crippen molar-refractivity contribution in [2.45, 2.75) is 25.5 Å². The zero-order valence-electron chi connectivity index (χ0n) is 9.75. The lowest BCUT2D eigenvalue weighted by Gasteiger charge is -2.44. The fourth-order valence-electron chi connectivity index (χ4n) is 1.97. The summed E-state index contributed by atoms with van der Waals surface area (Å²) in [6.45, 7) is 7.17. The van der Waals surface area contributed by atoms with Crippen molar-refractivity contribution >= 4 is 5.91 Å². The fourth-order valence-corrected chi connectivity index (χ4v) is 1.97. The number of nitrogens with one attached hydrogen (secondary N) is 1. The van der Waals surface area contributed by atoms with E-state index in [1.807, 2.05) is 13.8 Å². The lowest BCUT2D eigenvalue weighted by Crippen LogP contribution is -2.65. The van der Waals surface area contributed by atoms with E-state index in [9.17, 15) is 4.79 Å². The first-order valence-electron chi connectivity index (χ1n) is 5.32. The van der Waals surface area contributed by atoms with Gasteiger partial charge in [-0.25, -0.2) is 0 Å². The Kier molecular flexibility index (Phi) is 4.07. The second-order valence-corrected chi connectivity index (χ2v) is 4.13. The Hall–Kier alpha value is -0.650. The summed E-state index contributed by atoms with van der Waals surface area (Å²) < 4.78 is 5.27. The van der Waals surface area contributed by atoms with E-state index in [-0.39, 0.29) is 12.0 Å². The third-order valence-electron chi connectivity index (χ3n) is 3.42. The molecule has 5 heteroatoms. The first-order valence-corrected chi connectivity index (χ1v) is 5.32. The van der Waals surface area contributed by atoms with Crippen molar-refractivity contribution in [2.24, 2.45) is 5.73 Å². The molecule has 5 nitrogen and oxygen atoms in total. The second-order valence-electron chi connectivity index (χ2n) is 4.13. The maximum atomic E-state index is 11.6. The largest absolute Gasteiger partial charge is 0.379 e. The van der Waals surface area contributed by atoms with Crippen LogP contribution in [0.3, 0.4) is 0 Å². The summed E-state index contributed by atoms with van der Waals surface area (Å²) in [5, 5.41) is 3.25. The first-order chi connectivity index (χ1) is 7.03. The molecule has 0 aromatic heterocycles. The minimum absolute atomic E-state index is 0.201. The van der Waals surface area contributed by atoms with Crippen LogP contribution in [-0.2, 0) is 9.53 Å². The van der Waals surface area contributed by atoms with Gasteiger partial charge in [0.25, 0.3) is 0 Å². The molecule has 0 aromatic carbocycles. The highest BCUT2D eigenvalue weighted by atomic mass is 16.5. The quantitative estimate of drug-likeness (QED) is 0.642. The molecule has 0 aliphatic carbocycles. The van der Waals surface area contributed by atoms with Gasteiger partial charge in [-0.15, -0.1) is 0 Å². The number of nitrogens with two attached hydrogens (primary N) is 1. The number of methoxy groups -OCH3 is 1. The van der Waals surface area contributed by atoms with Crippen LogP contribution in [0.5, 0.6) is 0 Å². The number of primary amides is 1. The number of nitrogens with zero attached hydrogens (tertiary/aromatic N) is 1. The number of hydrogen-bond acceptors (Lipinski definition) is 4. The highest BCUT2D eigenvalue weighted by Gasteiger charge is 2.43. The van der Waals surface area contributed by atoms with Crippen LogP contribution in [0.15, 0.2) is 0 Å². The standard InChI is InChI=1S/C10H21N3O2/c1-8(15-3)10(2,9(11)14)13-6-4-12-5-7-13/h8,12H,4-7H2,1-3H3,(H2,11,14). The van der Waals surface area contributed by atoms with Gasteiger partial charge in [0.15, 0.2) is 0 Å². The van der Waals surface area contributed by atoms with E-state index in [1.54, 1.807) is 7.11 Å². The van der Waals surface area contributed by atoms with Crippen molar-refractivity contribution in [3.63, 3.8) is 0 Å². The van der Waals surface area contributed by atoms with E-state index in [0.29, 0.717) is 0 Å². The minimum Gasteiger partial charge on any atom is -0.379 e. The van der Waals surface area contributed by atoms with Crippen molar-refractivity contribution < 1.29 is 9.53 Å². The number of carbonyl (C=O) groups excluding carboxylic acids is 1. The van der Waals surface area contributed by atoms with Crippen LogP contribution in [-0.4, -0.2) is 55.7 Å². The summed E-state index contributed by atoms with van der Waals surface area (Å²) in [6, 6.07) is 0. The third kappa shape index (κ3) is 2.30. The van der Waals surface area contributed by atoms with Crippen LogP contribution in [0.4, 0.5) is 0 Å². The Labute approximate surface area is 90.9 Å². The van der Waals surface area contributed by atoms with Crippen LogP contribution in [0.25, 0.3) is 0 Å². The Bertz CT molecular complexity index is 229. The van der Waals surface area contributed by atoms with E-state index in [4.69, 9.17) is 10.5 Å². The molecule has 0 radical (unpaired) electrons. The molecule has 3 N–H and O–H groups in total. The lowest BCUT2D eigenvalue weighted by atomic mass is 9.91. The predicted octanol–water partition coefficient (Wildman–Crippen LogP) is -0.829. The van der Waals surface area contributed by atoms with Gasteiger partial charge in [-0.3, -0.25) is 9.69 Å². The van der Waals surface area contributed by atoms with Crippen LogP contribution >= 0.6 is 0 Å². The van der Waals surface area contributed by atoms with E-state index in [1.165, 1.54) is 0 Å². The topological polar surface area (TPSA) is 67.6 Å². The average Bonchev–Trinajstić information content (AvgIpc) is 2.27. The van der Waals surface area contributed by atoms with Gasteiger partial charge in [0, 0.05) is 33.3 Å². The van der Waals surface area contributed by atoms with E-state index in [0.717, 1.165) is 26.2 Å². The highest BCUT2D eigenvalue weighted by molar-refractivity contribution is 5.85. The van der Waals surface area contributed by atoms with Crippen molar-refractivity contribution in [1.82, 2.24) is 10.2 Å². The fraction of sp³-hybridized carbons (Fsp3) is 0.900. The van der Waals surface area contributed by atoms with Gasteiger partial charge in [0.05, 0.1) is 6.10 Å². The molecule has 2 unspecified atom stereocenters. The van der Waals surface area contributed by atoms with Gasteiger partial charge < -0.3 is 15.8 Å². The summed E-state index contributed by atoms with van der Waals surface area (Å²) in [7, 11) is 1.61. The van der Waals surface area contributed by atoms with Crippen LogP contribution in [0.2, 0.25) is 0 Å². The number of hydrogen-bond donors (Lipinski definition) is 2. The van der Waals surface area contributed by atoms with Crippen LogP contribution in [0, 0.1) is 0 Å². The summed E-state index contributed by atoms with van der Waals surface area (Å²) in [4.78, 5) is 13.7. The zero-order valence-corrected chi connectivity index (χ0v) is 9.75. The molecular weight excluding hydrogens is 194 g/mol. The first kappa shape index (κ1) is 12.4. The molecule has 1 aliphatic rings. The number of ether oxygens (including phenoxy) is 1. The molecular formula is C10H21N3O2. The molecule has 1 heterocycles. The maximum Gasteiger partial charge on any atom is 0.240 e. The van der Waals surface area contributed by atoms with Gasteiger partial charge in [-0.05, 0) is 13.8 Å². The van der Waals surface area contributed by atoms with Crippen molar-refractivity contribution in [2.75, 3.05) is 33.3 Å². The summed E-state index contributed by atoms with van der Waals surface area (Å²) in [5.74, 6) is -0.321. The molecule has 0 aromatic rings. The van der Waals surface area contributed by atoms with E-state index < -0.39 is 5.54 Å². The molecule has 0 saturated carbocycles. The summed E-state index contributed by atoms with van der Waals surface area (Å²) in [5.41, 5.74) is 4.79. The minimum atomic E-state index is -0.711. The number of piperazine rings is 1. The van der Waals surface area contributed by atoms with Gasteiger partial charge in [0.2, 0.25) is 5.91 Å². The molecule has 1 fully saturated rings. The van der Waals surface area contributed by atoms with Crippen LogP contribution < -0.4 is 11.1 Å². The Balaban J connectivity index is 2.83. The SMILES string of the molecule is COC(C)C(C)(C(N)=O)N1CCNCC1. The van der Waals surface area contributed by atoms with Crippen molar-refractivity contribution in [3.8, 4) is 0 Å². The van der Waals surface area contributed by atoms with E-state index in [2.05, 4.69) is 10.2 Å². The maximum absolute atomic E-state index is 11.6. The predicted molar refractivity (Wildman–Crippen MR) is 58.5 cm³/mol. The molecule has 2 atom stereocenters. The number of amides is 1. The van der Waals surface area contributed by atoms with Gasteiger partial charge >= 0.3 is 0 Å². The average molecular weight is 215 g/mol. The Morgan fingerprint density at radius 3 is 2.47 bits per heavy atom. The van der Waals surface area contributed by atoms with Crippen molar-refractivity contribution in [1.29, 1.82) is 0 Å². The molecule has 88 valence electrons. The number of carbonyl (C=O) groups is 1. The van der Waals surface area contributed by atoms with Gasteiger partial charge in [-0.2, -0.15) is 0 Å². The lowest BCUT2D eigenvalue weighted by molar-refractivity contribution is -0.139. The smallest absolute Gasteiger partial charge is 0.240 e. The molecule has 0 spiro atoms. The second kappa shape index (κ2) is 4.92. The molecule has 1 aliphatic heterocycles. The molecule has 0 bridgehead atoms. The Morgan fingerprint density at radius 2 is 2.07 bits per heavy atom. The van der Waals surface area contributed by atoms with Gasteiger partial charge in [-0.1, -0.05) is 0 Å². The zero-order chi connectivity index (χ0) is 11.5. The van der Waals surface area contributed by atoms with Gasteiger partial charge in [0.1, 0.15) is 5.54 Å². The summed E-state index contributed by atoms with van der Waals surface area (Å²) >= 11 is 0.